The normalized spacial score (nSPS) is 10.4. The number of carbonyl (C=O) groups excluding carboxylic acids is 1. The van der Waals surface area contributed by atoms with E-state index in [9.17, 15) is 18.8 Å². The first kappa shape index (κ1) is 17.6. The van der Waals surface area contributed by atoms with Crippen molar-refractivity contribution >= 4 is 18.3 Å². The van der Waals surface area contributed by atoms with Crippen LogP contribution in [0.5, 0.6) is 0 Å². The minimum atomic E-state index is -0.926. The number of primary amides is 1. The van der Waals surface area contributed by atoms with Crippen molar-refractivity contribution in [1.29, 1.82) is 0 Å². The molecule has 22 heavy (non-hydrogen) atoms. The van der Waals surface area contributed by atoms with E-state index < -0.39 is 23.0 Å². The third-order valence-corrected chi connectivity index (χ3v) is 3.02. The Kier molecular flexibility index (Phi) is 5.27. The smallest absolute Gasteiger partial charge is 0.335 e. The molecule has 2 N–H and O–H groups in total. The zero-order valence-corrected chi connectivity index (χ0v) is 12.8. The summed E-state index contributed by atoms with van der Waals surface area (Å²) >= 11 is 0. The molecule has 0 aliphatic rings. The summed E-state index contributed by atoms with van der Waals surface area (Å²) in [6.45, 7) is 3.46. The van der Waals surface area contributed by atoms with Crippen molar-refractivity contribution in [2.45, 2.75) is 19.9 Å². The van der Waals surface area contributed by atoms with Crippen molar-refractivity contribution in [2.24, 2.45) is 5.73 Å². The van der Waals surface area contributed by atoms with Gasteiger partial charge in [-0.1, -0.05) is 0 Å². The van der Waals surface area contributed by atoms with Crippen LogP contribution in [0.15, 0.2) is 40.1 Å². The van der Waals surface area contributed by atoms with E-state index in [-0.39, 0.29) is 29.7 Å². The molecule has 1 heterocycles. The van der Waals surface area contributed by atoms with Crippen LogP contribution in [0.1, 0.15) is 30.2 Å². The predicted octanol–water partition coefficient (Wildman–Crippen LogP) is 1.24. The van der Waals surface area contributed by atoms with E-state index in [1.807, 2.05) is 0 Å². The van der Waals surface area contributed by atoms with Gasteiger partial charge in [0.05, 0.1) is 5.69 Å². The molecule has 0 aliphatic carbocycles. The Hall–Kier alpha value is -2.41. The molecule has 0 saturated heterocycles. The fourth-order valence-electron chi connectivity index (χ4n) is 1.93. The highest BCUT2D eigenvalue weighted by Crippen LogP contribution is 2.07. The second-order valence-electron chi connectivity index (χ2n) is 4.81. The minimum absolute atomic E-state index is 0. The number of aromatic nitrogens is 2. The highest BCUT2D eigenvalue weighted by atomic mass is 35.5. The molecular weight excluding hydrogens is 313 g/mol. The van der Waals surface area contributed by atoms with Crippen molar-refractivity contribution in [1.82, 2.24) is 9.13 Å². The first-order chi connectivity index (χ1) is 9.82. The summed E-state index contributed by atoms with van der Waals surface area (Å²) in [5, 5.41) is 0. The molecule has 1 aromatic heterocycles. The van der Waals surface area contributed by atoms with Crippen LogP contribution in [0, 0.1) is 5.82 Å². The van der Waals surface area contributed by atoms with E-state index in [1.54, 1.807) is 13.8 Å². The average molecular weight is 328 g/mol. The number of halogens is 2. The molecule has 0 saturated carbocycles. The summed E-state index contributed by atoms with van der Waals surface area (Å²) in [6, 6.07) is 4.54. The Morgan fingerprint density at radius 2 is 1.73 bits per heavy atom. The van der Waals surface area contributed by atoms with Crippen molar-refractivity contribution in [3.63, 3.8) is 0 Å². The lowest BCUT2D eigenvalue weighted by molar-refractivity contribution is 0.0997. The van der Waals surface area contributed by atoms with Gasteiger partial charge in [0.1, 0.15) is 11.4 Å². The SMILES string of the molecule is CC(C)n1cc(C(N)=O)c(=O)n(-c2ccc(F)cc2)c1=O.Cl. The predicted molar refractivity (Wildman–Crippen MR) is 82.4 cm³/mol. The van der Waals surface area contributed by atoms with Gasteiger partial charge in [-0.05, 0) is 38.1 Å². The molecule has 1 amide bonds. The van der Waals surface area contributed by atoms with Gasteiger partial charge in [0.25, 0.3) is 11.5 Å². The second kappa shape index (κ2) is 6.57. The van der Waals surface area contributed by atoms with E-state index in [0.717, 1.165) is 22.9 Å². The molecule has 0 aliphatic heterocycles. The highest BCUT2D eigenvalue weighted by molar-refractivity contribution is 5.92. The number of nitrogens with zero attached hydrogens (tertiary/aromatic N) is 2. The van der Waals surface area contributed by atoms with Crippen LogP contribution in [-0.4, -0.2) is 15.0 Å². The topological polar surface area (TPSA) is 87.1 Å². The summed E-state index contributed by atoms with van der Waals surface area (Å²) in [6.07, 6.45) is 1.15. The first-order valence-electron chi connectivity index (χ1n) is 6.27. The van der Waals surface area contributed by atoms with Crippen LogP contribution in [-0.2, 0) is 0 Å². The van der Waals surface area contributed by atoms with Crippen molar-refractivity contribution in [3.05, 3.63) is 62.7 Å². The van der Waals surface area contributed by atoms with Crippen LogP contribution >= 0.6 is 12.4 Å². The van der Waals surface area contributed by atoms with Gasteiger partial charge in [-0.3, -0.25) is 14.2 Å². The Morgan fingerprint density at radius 1 is 1.18 bits per heavy atom. The van der Waals surface area contributed by atoms with Crippen LogP contribution in [0.2, 0.25) is 0 Å². The lowest BCUT2D eigenvalue weighted by Crippen LogP contribution is -2.42. The number of amides is 1. The van der Waals surface area contributed by atoms with Gasteiger partial charge in [0.2, 0.25) is 0 Å². The fraction of sp³-hybridized carbons (Fsp3) is 0.214. The lowest BCUT2D eigenvalue weighted by Gasteiger charge is -2.14. The Bertz CT molecular complexity index is 810. The number of carbonyl (C=O) groups is 1. The molecule has 0 unspecified atom stereocenters. The van der Waals surface area contributed by atoms with Gasteiger partial charge in [-0.15, -0.1) is 12.4 Å². The summed E-state index contributed by atoms with van der Waals surface area (Å²) in [4.78, 5) is 36.0. The lowest BCUT2D eigenvalue weighted by atomic mass is 10.2. The number of benzene rings is 1. The van der Waals surface area contributed by atoms with Crippen LogP contribution < -0.4 is 17.0 Å². The standard InChI is InChI=1S/C14H14FN3O3.ClH/c1-8(2)17-7-11(12(16)19)13(20)18(14(17)21)10-5-3-9(15)4-6-10;/h3-8H,1-2H3,(H2,16,19);1H. The van der Waals surface area contributed by atoms with E-state index in [4.69, 9.17) is 5.73 Å². The monoisotopic (exact) mass is 327 g/mol. The van der Waals surface area contributed by atoms with Crippen LogP contribution in [0.3, 0.4) is 0 Å². The maximum Gasteiger partial charge on any atom is 0.335 e. The number of rotatable bonds is 3. The fourth-order valence-corrected chi connectivity index (χ4v) is 1.93. The van der Waals surface area contributed by atoms with Gasteiger partial charge >= 0.3 is 5.69 Å². The Morgan fingerprint density at radius 3 is 2.18 bits per heavy atom. The number of hydrogen-bond acceptors (Lipinski definition) is 3. The molecule has 0 bridgehead atoms. The molecule has 0 radical (unpaired) electrons. The van der Waals surface area contributed by atoms with Gasteiger partial charge in [0, 0.05) is 12.2 Å². The van der Waals surface area contributed by atoms with Gasteiger partial charge in [-0.2, -0.15) is 0 Å². The van der Waals surface area contributed by atoms with Gasteiger partial charge in [0.15, 0.2) is 0 Å². The quantitative estimate of drug-likeness (QED) is 0.920. The zero-order chi connectivity index (χ0) is 15.7. The maximum absolute atomic E-state index is 13.0. The number of hydrogen-bond donors (Lipinski definition) is 1. The molecule has 0 fully saturated rings. The molecular formula is C14H15ClFN3O3. The second-order valence-corrected chi connectivity index (χ2v) is 4.81. The summed E-state index contributed by atoms with van der Waals surface area (Å²) in [7, 11) is 0. The largest absolute Gasteiger partial charge is 0.365 e. The van der Waals surface area contributed by atoms with Crippen molar-refractivity contribution in [2.75, 3.05) is 0 Å². The molecule has 8 heteroatoms. The summed E-state index contributed by atoms with van der Waals surface area (Å²) in [5.41, 5.74) is 3.61. The molecule has 118 valence electrons. The molecule has 2 aromatic rings. The van der Waals surface area contributed by atoms with Crippen LogP contribution in [0.4, 0.5) is 4.39 Å². The summed E-state index contributed by atoms with van der Waals surface area (Å²) < 4.78 is 15.0. The molecule has 2 rings (SSSR count). The van der Waals surface area contributed by atoms with E-state index in [1.165, 1.54) is 16.7 Å². The molecule has 0 atom stereocenters. The molecule has 1 aromatic carbocycles. The number of nitrogens with two attached hydrogens (primary N) is 1. The van der Waals surface area contributed by atoms with Crippen molar-refractivity contribution < 1.29 is 9.18 Å². The van der Waals surface area contributed by atoms with E-state index in [0.29, 0.717) is 0 Å². The molecule has 6 nitrogen and oxygen atoms in total. The Balaban J connectivity index is 0.00000242. The highest BCUT2D eigenvalue weighted by Gasteiger charge is 2.17. The minimum Gasteiger partial charge on any atom is -0.365 e. The van der Waals surface area contributed by atoms with Gasteiger partial charge < -0.3 is 5.73 Å². The third kappa shape index (κ3) is 3.09. The maximum atomic E-state index is 13.0. The van der Waals surface area contributed by atoms with E-state index >= 15 is 0 Å². The van der Waals surface area contributed by atoms with Crippen molar-refractivity contribution in [3.8, 4) is 5.69 Å². The molecule has 0 spiro atoms. The first-order valence-corrected chi connectivity index (χ1v) is 6.27. The summed E-state index contributed by atoms with van der Waals surface area (Å²) in [5.74, 6) is -1.42. The third-order valence-electron chi connectivity index (χ3n) is 3.02. The Labute approximate surface area is 131 Å². The van der Waals surface area contributed by atoms with Gasteiger partial charge in [-0.25, -0.2) is 13.8 Å². The van der Waals surface area contributed by atoms with E-state index in [2.05, 4.69) is 0 Å². The average Bonchev–Trinajstić information content (AvgIpc) is 2.40. The van der Waals surface area contributed by atoms with Crippen LogP contribution in [0.25, 0.3) is 5.69 Å². The zero-order valence-electron chi connectivity index (χ0n) is 11.9.